The van der Waals surface area contributed by atoms with Gasteiger partial charge in [0.05, 0.1) is 38.6 Å². The smallest absolute Gasteiger partial charge is 0.186 e. The van der Waals surface area contributed by atoms with Crippen LogP contribution in [0.25, 0.3) is 0 Å². The van der Waals surface area contributed by atoms with Gasteiger partial charge in [0.25, 0.3) is 0 Å². The maximum atomic E-state index is 6.51. The summed E-state index contributed by atoms with van der Waals surface area (Å²) in [5.41, 5.74) is 3.39. The maximum absolute atomic E-state index is 6.51. The molecule has 1 saturated heterocycles. The lowest BCUT2D eigenvalue weighted by Crippen LogP contribution is -2.53. The van der Waals surface area contributed by atoms with Crippen molar-refractivity contribution in [2.45, 2.75) is 76.5 Å². The van der Waals surface area contributed by atoms with Crippen molar-refractivity contribution in [1.82, 2.24) is 0 Å². The molecule has 1 heterocycles. The molecule has 4 atom stereocenters. The molecule has 0 spiro atoms. The summed E-state index contributed by atoms with van der Waals surface area (Å²) in [6, 6.07) is 31.8. The molecule has 4 rings (SSSR count). The molecule has 0 N–H and O–H groups in total. The SMILES string of the molecule is C[Si](C)(C)CCO[C@H]1O[C@H](COCc2ccccc2)C[C@H](OCc2ccccc2)[C@H]1OCc1ccccc1. The van der Waals surface area contributed by atoms with Gasteiger partial charge in [0.2, 0.25) is 0 Å². The van der Waals surface area contributed by atoms with E-state index in [4.69, 9.17) is 23.7 Å². The second kappa shape index (κ2) is 14.7. The molecule has 0 unspecified atom stereocenters. The molecule has 0 bridgehead atoms. The van der Waals surface area contributed by atoms with E-state index in [1.54, 1.807) is 0 Å². The Morgan fingerprint density at radius 1 is 0.684 bits per heavy atom. The van der Waals surface area contributed by atoms with Crippen molar-refractivity contribution in [3.8, 4) is 0 Å². The lowest BCUT2D eigenvalue weighted by atomic mass is 10.0. The van der Waals surface area contributed by atoms with Gasteiger partial charge in [0.15, 0.2) is 6.29 Å². The normalized spacial score (nSPS) is 21.9. The Morgan fingerprint density at radius 2 is 1.21 bits per heavy atom. The van der Waals surface area contributed by atoms with Crippen LogP contribution in [0.1, 0.15) is 23.1 Å². The highest BCUT2D eigenvalue weighted by Gasteiger charge is 2.41. The molecule has 1 aliphatic rings. The van der Waals surface area contributed by atoms with Crippen LogP contribution in [0.4, 0.5) is 0 Å². The first-order chi connectivity index (χ1) is 18.5. The molecule has 204 valence electrons. The van der Waals surface area contributed by atoms with Crippen molar-refractivity contribution in [3.63, 3.8) is 0 Å². The van der Waals surface area contributed by atoms with Crippen molar-refractivity contribution in [2.24, 2.45) is 0 Å². The number of benzene rings is 3. The summed E-state index contributed by atoms with van der Waals surface area (Å²) in [6.45, 7) is 9.72. The molecule has 1 aliphatic heterocycles. The highest BCUT2D eigenvalue weighted by atomic mass is 28.3. The van der Waals surface area contributed by atoms with Gasteiger partial charge in [-0.15, -0.1) is 0 Å². The standard InChI is InChI=1S/C32H42O5Si/c1-38(2,3)20-19-34-32-31(36-24-28-17-11-6-12-18-28)30(35-23-27-15-9-5-10-16-27)21-29(37-32)25-33-22-26-13-7-4-8-14-26/h4-18,29-32H,19-25H2,1-3H3/t29-,30-,31+,32-/m0/s1. The number of hydrogen-bond donors (Lipinski definition) is 0. The van der Waals surface area contributed by atoms with Gasteiger partial charge >= 0.3 is 0 Å². The van der Waals surface area contributed by atoms with Crippen molar-refractivity contribution < 1.29 is 23.7 Å². The summed E-state index contributed by atoms with van der Waals surface area (Å²) < 4.78 is 31.9. The average Bonchev–Trinajstić information content (AvgIpc) is 2.92. The number of rotatable bonds is 14. The van der Waals surface area contributed by atoms with E-state index in [0.717, 1.165) is 22.7 Å². The van der Waals surface area contributed by atoms with Gasteiger partial charge in [-0.3, -0.25) is 0 Å². The first-order valence-electron chi connectivity index (χ1n) is 13.7. The minimum Gasteiger partial charge on any atom is -0.374 e. The van der Waals surface area contributed by atoms with Gasteiger partial charge in [-0.1, -0.05) is 111 Å². The predicted molar refractivity (Wildman–Crippen MR) is 154 cm³/mol. The van der Waals surface area contributed by atoms with Gasteiger partial charge in [-0.2, -0.15) is 0 Å². The van der Waals surface area contributed by atoms with Crippen LogP contribution in [-0.2, 0) is 43.5 Å². The molecule has 5 nitrogen and oxygen atoms in total. The molecular formula is C32H42O5Si. The van der Waals surface area contributed by atoms with Gasteiger partial charge < -0.3 is 23.7 Å². The minimum atomic E-state index is -1.26. The van der Waals surface area contributed by atoms with Gasteiger partial charge in [0.1, 0.15) is 6.10 Å². The fraction of sp³-hybridized carbons (Fsp3) is 0.438. The van der Waals surface area contributed by atoms with E-state index >= 15 is 0 Å². The molecule has 0 radical (unpaired) electrons. The Bertz CT molecular complexity index is 1040. The molecule has 38 heavy (non-hydrogen) atoms. The van der Waals surface area contributed by atoms with E-state index in [2.05, 4.69) is 56.0 Å². The van der Waals surface area contributed by atoms with E-state index in [0.29, 0.717) is 39.5 Å². The van der Waals surface area contributed by atoms with Crippen LogP contribution in [0.2, 0.25) is 25.7 Å². The van der Waals surface area contributed by atoms with Crippen LogP contribution in [0, 0.1) is 0 Å². The lowest BCUT2D eigenvalue weighted by molar-refractivity contribution is -0.292. The van der Waals surface area contributed by atoms with E-state index < -0.39 is 14.4 Å². The average molecular weight is 535 g/mol. The third kappa shape index (κ3) is 9.77. The second-order valence-electron chi connectivity index (χ2n) is 11.1. The Kier molecular flexibility index (Phi) is 11.1. The molecule has 3 aromatic rings. The third-order valence-electron chi connectivity index (χ3n) is 6.60. The first kappa shape index (κ1) is 28.7. The van der Waals surface area contributed by atoms with Gasteiger partial charge in [-0.05, 0) is 22.7 Å². The predicted octanol–water partition coefficient (Wildman–Crippen LogP) is 6.84. The van der Waals surface area contributed by atoms with E-state index in [-0.39, 0.29) is 18.3 Å². The van der Waals surface area contributed by atoms with Crippen LogP contribution in [0.3, 0.4) is 0 Å². The summed E-state index contributed by atoms with van der Waals surface area (Å²) in [7, 11) is -1.26. The molecule has 3 aromatic carbocycles. The van der Waals surface area contributed by atoms with Crippen molar-refractivity contribution >= 4 is 8.07 Å². The zero-order valence-corrected chi connectivity index (χ0v) is 24.0. The van der Waals surface area contributed by atoms with Crippen LogP contribution >= 0.6 is 0 Å². The Morgan fingerprint density at radius 3 is 1.76 bits per heavy atom. The zero-order valence-electron chi connectivity index (χ0n) is 23.0. The lowest BCUT2D eigenvalue weighted by Gasteiger charge is -2.41. The van der Waals surface area contributed by atoms with Crippen molar-refractivity contribution in [2.75, 3.05) is 13.2 Å². The summed E-state index contributed by atoms with van der Waals surface area (Å²) in [5.74, 6) is 0. The fourth-order valence-corrected chi connectivity index (χ4v) is 5.12. The highest BCUT2D eigenvalue weighted by molar-refractivity contribution is 6.76. The monoisotopic (exact) mass is 534 g/mol. The van der Waals surface area contributed by atoms with E-state index in [1.165, 1.54) is 0 Å². The largest absolute Gasteiger partial charge is 0.374 e. The van der Waals surface area contributed by atoms with Crippen LogP contribution in [-0.4, -0.2) is 45.9 Å². The Balaban J connectivity index is 1.46. The van der Waals surface area contributed by atoms with Crippen molar-refractivity contribution in [1.29, 1.82) is 0 Å². The van der Waals surface area contributed by atoms with E-state index in [9.17, 15) is 0 Å². The highest BCUT2D eigenvalue weighted by Crippen LogP contribution is 2.29. The molecule has 0 aliphatic carbocycles. The summed E-state index contributed by atoms with van der Waals surface area (Å²) in [5, 5.41) is 0. The third-order valence-corrected chi connectivity index (χ3v) is 8.30. The topological polar surface area (TPSA) is 46.2 Å². The fourth-order valence-electron chi connectivity index (χ4n) is 4.39. The molecule has 0 amide bonds. The minimum absolute atomic E-state index is 0.145. The summed E-state index contributed by atoms with van der Waals surface area (Å²) in [6.07, 6.45) is -0.516. The van der Waals surface area contributed by atoms with Crippen molar-refractivity contribution in [3.05, 3.63) is 108 Å². The van der Waals surface area contributed by atoms with E-state index in [1.807, 2.05) is 54.6 Å². The summed E-state index contributed by atoms with van der Waals surface area (Å²) >= 11 is 0. The Hall–Kier alpha value is -2.32. The molecular weight excluding hydrogens is 492 g/mol. The van der Waals surface area contributed by atoms with Crippen LogP contribution in [0.15, 0.2) is 91.0 Å². The molecule has 0 saturated carbocycles. The van der Waals surface area contributed by atoms with Crippen LogP contribution < -0.4 is 0 Å². The number of hydrogen-bond acceptors (Lipinski definition) is 5. The van der Waals surface area contributed by atoms with Gasteiger partial charge in [-0.25, -0.2) is 0 Å². The first-order valence-corrected chi connectivity index (χ1v) is 17.4. The molecule has 6 heteroatoms. The van der Waals surface area contributed by atoms with Crippen LogP contribution in [0.5, 0.6) is 0 Å². The molecule has 0 aromatic heterocycles. The maximum Gasteiger partial charge on any atom is 0.186 e. The quantitative estimate of drug-likeness (QED) is 0.212. The number of ether oxygens (including phenoxy) is 5. The Labute approximate surface area is 229 Å². The second-order valence-corrected chi connectivity index (χ2v) is 16.8. The summed E-state index contributed by atoms with van der Waals surface area (Å²) in [4.78, 5) is 0. The van der Waals surface area contributed by atoms with Gasteiger partial charge in [0, 0.05) is 21.1 Å². The zero-order chi connectivity index (χ0) is 26.6. The molecule has 1 fully saturated rings.